The molecule has 0 radical (unpaired) electrons. The van der Waals surface area contributed by atoms with E-state index >= 15 is 0 Å². The van der Waals surface area contributed by atoms with E-state index in [0.717, 1.165) is 20.1 Å². The van der Waals surface area contributed by atoms with E-state index in [1.54, 1.807) is 11.3 Å². The maximum Gasteiger partial charge on any atom is 0.178 e. The lowest BCUT2D eigenvalue weighted by molar-refractivity contribution is 0.661. The van der Waals surface area contributed by atoms with Crippen LogP contribution in [0.3, 0.4) is 0 Å². The highest BCUT2D eigenvalue weighted by atomic mass is 127. The fourth-order valence-electron chi connectivity index (χ4n) is 2.17. The molecule has 0 bridgehead atoms. The summed E-state index contributed by atoms with van der Waals surface area (Å²) in [4.78, 5) is 4.48. The topological polar surface area (TPSA) is 20.7 Å². The summed E-state index contributed by atoms with van der Waals surface area (Å²) in [6, 6.07) is 10.5. The first kappa shape index (κ1) is 13.6. The number of halogens is 2. The summed E-state index contributed by atoms with van der Waals surface area (Å²) in [5, 5.41) is 0. The summed E-state index contributed by atoms with van der Waals surface area (Å²) in [6.07, 6.45) is 0. The van der Waals surface area contributed by atoms with Crippen molar-refractivity contribution in [1.29, 1.82) is 0 Å². The zero-order valence-corrected chi connectivity index (χ0v) is 14.5. The third-order valence-corrected chi connectivity index (χ3v) is 5.44. The zero-order chi connectivity index (χ0) is 13.6. The predicted octanol–water partition coefficient (Wildman–Crippen LogP) is 5.63. The highest BCUT2D eigenvalue weighted by Crippen LogP contribution is 2.31. The Labute approximate surface area is 138 Å². The van der Waals surface area contributed by atoms with Crippen LogP contribution in [0.5, 0.6) is 0 Å². The van der Waals surface area contributed by atoms with Crippen LogP contribution < -0.4 is 0 Å². The van der Waals surface area contributed by atoms with Gasteiger partial charge in [-0.2, -0.15) is 0 Å². The fraction of sp³-hybridized carbons (Fsp3) is 0.154. The minimum Gasteiger partial charge on any atom is -0.331 e. The van der Waals surface area contributed by atoms with Gasteiger partial charge in [0.05, 0.1) is 21.4 Å². The summed E-state index contributed by atoms with van der Waals surface area (Å²) < 4.78 is 4.89. The molecule has 3 rings (SSSR count). The maximum absolute atomic E-state index is 6.02. The van der Waals surface area contributed by atoms with Gasteiger partial charge in [-0.25, -0.2) is 0 Å². The number of nitrogens with one attached hydrogen (secondary N) is 1. The van der Waals surface area contributed by atoms with E-state index in [4.69, 9.17) is 23.8 Å². The van der Waals surface area contributed by atoms with E-state index in [1.165, 1.54) is 8.45 Å². The summed E-state index contributed by atoms with van der Waals surface area (Å²) in [5.74, 6) is 0. The van der Waals surface area contributed by atoms with Gasteiger partial charge in [-0.3, -0.25) is 0 Å². The van der Waals surface area contributed by atoms with Crippen LogP contribution in [-0.4, -0.2) is 9.55 Å². The smallest absolute Gasteiger partial charge is 0.178 e. The third kappa shape index (κ3) is 2.49. The van der Waals surface area contributed by atoms with E-state index < -0.39 is 0 Å². The lowest BCUT2D eigenvalue weighted by atomic mass is 10.2. The number of imidazole rings is 1. The van der Waals surface area contributed by atoms with Gasteiger partial charge in [0.2, 0.25) is 0 Å². The van der Waals surface area contributed by atoms with Crippen molar-refractivity contribution in [3.05, 3.63) is 47.9 Å². The molecule has 1 aromatic carbocycles. The Kier molecular flexibility index (Phi) is 3.72. The molecule has 1 atom stereocenters. The average molecular weight is 421 g/mol. The molecule has 1 unspecified atom stereocenters. The van der Waals surface area contributed by atoms with Crippen molar-refractivity contribution in [2.24, 2.45) is 0 Å². The number of H-pyrrole nitrogens is 1. The molecular formula is C13H10ClIN2S2. The predicted molar refractivity (Wildman–Crippen MR) is 93.0 cm³/mol. The van der Waals surface area contributed by atoms with Crippen molar-refractivity contribution < 1.29 is 0 Å². The van der Waals surface area contributed by atoms with Crippen molar-refractivity contribution in [2.45, 2.75) is 13.0 Å². The number of hydrogen-bond acceptors (Lipinski definition) is 2. The van der Waals surface area contributed by atoms with E-state index in [-0.39, 0.29) is 6.04 Å². The maximum atomic E-state index is 6.02. The standard InChI is InChI=1S/C13H10ClIN2S2/c1-7(11-4-5-12(14)19-11)17-10-3-2-8(15)6-9(10)16-13(17)18/h2-7H,1H3,(H,16,18). The van der Waals surface area contributed by atoms with Crippen LogP contribution in [-0.2, 0) is 0 Å². The molecule has 0 fully saturated rings. The lowest BCUT2D eigenvalue weighted by Gasteiger charge is -2.12. The van der Waals surface area contributed by atoms with Crippen molar-refractivity contribution in [1.82, 2.24) is 9.55 Å². The number of fused-ring (bicyclic) bond motifs is 1. The van der Waals surface area contributed by atoms with Gasteiger partial charge >= 0.3 is 0 Å². The van der Waals surface area contributed by atoms with Gasteiger partial charge in [-0.1, -0.05) is 11.6 Å². The van der Waals surface area contributed by atoms with Crippen molar-refractivity contribution in [3.8, 4) is 0 Å². The average Bonchev–Trinajstić information content (AvgIpc) is 2.91. The zero-order valence-electron chi connectivity index (χ0n) is 9.98. The molecule has 0 saturated heterocycles. The molecule has 0 aliphatic carbocycles. The molecule has 0 aliphatic rings. The molecule has 6 heteroatoms. The van der Waals surface area contributed by atoms with E-state index in [0.29, 0.717) is 0 Å². The number of nitrogens with zero attached hydrogens (tertiary/aromatic N) is 1. The Morgan fingerprint density at radius 2 is 2.16 bits per heavy atom. The molecule has 3 aromatic rings. The second-order valence-electron chi connectivity index (χ2n) is 4.28. The van der Waals surface area contributed by atoms with Crippen LogP contribution in [0.1, 0.15) is 17.8 Å². The largest absolute Gasteiger partial charge is 0.331 e. The quantitative estimate of drug-likeness (QED) is 0.421. The lowest BCUT2D eigenvalue weighted by Crippen LogP contribution is -2.04. The van der Waals surface area contributed by atoms with Gasteiger partial charge in [0.25, 0.3) is 0 Å². The SMILES string of the molecule is CC(c1ccc(Cl)s1)n1c(=S)[nH]c2cc(I)ccc21. The normalized spacial score (nSPS) is 13.0. The van der Waals surface area contributed by atoms with Crippen LogP contribution >= 0.6 is 57.7 Å². The van der Waals surface area contributed by atoms with Gasteiger partial charge < -0.3 is 9.55 Å². The van der Waals surface area contributed by atoms with Crippen LogP contribution in [0, 0.1) is 8.34 Å². The summed E-state index contributed by atoms with van der Waals surface area (Å²) in [6.45, 7) is 2.14. The van der Waals surface area contributed by atoms with Crippen LogP contribution in [0.25, 0.3) is 11.0 Å². The number of thiophene rings is 1. The van der Waals surface area contributed by atoms with E-state index in [9.17, 15) is 0 Å². The summed E-state index contributed by atoms with van der Waals surface area (Å²) in [5.41, 5.74) is 2.20. The van der Waals surface area contributed by atoms with Gasteiger partial charge in [0.1, 0.15) is 0 Å². The van der Waals surface area contributed by atoms with Crippen molar-refractivity contribution in [2.75, 3.05) is 0 Å². The first-order valence-corrected chi connectivity index (χ1v) is 8.39. The number of rotatable bonds is 2. The highest BCUT2D eigenvalue weighted by Gasteiger charge is 2.14. The Morgan fingerprint density at radius 1 is 1.37 bits per heavy atom. The van der Waals surface area contributed by atoms with E-state index in [1.807, 2.05) is 6.07 Å². The molecular weight excluding hydrogens is 411 g/mol. The van der Waals surface area contributed by atoms with Crippen molar-refractivity contribution >= 4 is 68.8 Å². The number of aromatic nitrogens is 2. The van der Waals surface area contributed by atoms with Gasteiger partial charge in [-0.05, 0) is 72.1 Å². The Hall–Kier alpha value is -0.370. The minimum absolute atomic E-state index is 0.179. The van der Waals surface area contributed by atoms with Gasteiger partial charge in [-0.15, -0.1) is 11.3 Å². The molecule has 2 heterocycles. The second kappa shape index (κ2) is 5.20. The number of benzene rings is 1. The van der Waals surface area contributed by atoms with Gasteiger partial charge in [0.15, 0.2) is 4.77 Å². The molecule has 1 N–H and O–H groups in total. The number of aromatic amines is 1. The molecule has 2 aromatic heterocycles. The highest BCUT2D eigenvalue weighted by molar-refractivity contribution is 14.1. The second-order valence-corrected chi connectivity index (χ2v) is 7.66. The molecule has 98 valence electrons. The summed E-state index contributed by atoms with van der Waals surface area (Å²) >= 11 is 15.4. The van der Waals surface area contributed by atoms with Crippen LogP contribution in [0.15, 0.2) is 30.3 Å². The molecule has 0 aliphatic heterocycles. The van der Waals surface area contributed by atoms with Crippen LogP contribution in [0.2, 0.25) is 4.34 Å². The Bertz CT molecular complexity index is 802. The monoisotopic (exact) mass is 420 g/mol. The molecule has 0 amide bonds. The third-order valence-electron chi connectivity index (χ3n) is 3.07. The minimum atomic E-state index is 0.179. The molecule has 2 nitrogen and oxygen atoms in total. The first-order chi connectivity index (χ1) is 9.06. The fourth-order valence-corrected chi connectivity index (χ4v) is 4.13. The Balaban J connectivity index is 2.19. The van der Waals surface area contributed by atoms with E-state index in [2.05, 4.69) is 63.3 Å². The number of hydrogen-bond donors (Lipinski definition) is 1. The molecule has 0 saturated carbocycles. The molecule has 19 heavy (non-hydrogen) atoms. The Morgan fingerprint density at radius 3 is 2.84 bits per heavy atom. The van der Waals surface area contributed by atoms with Crippen molar-refractivity contribution in [3.63, 3.8) is 0 Å². The summed E-state index contributed by atoms with van der Waals surface area (Å²) in [7, 11) is 0. The molecule has 0 spiro atoms. The van der Waals surface area contributed by atoms with Gasteiger partial charge in [0, 0.05) is 8.45 Å². The van der Waals surface area contributed by atoms with Crippen LogP contribution in [0.4, 0.5) is 0 Å². The first-order valence-electron chi connectivity index (χ1n) is 5.71.